The summed E-state index contributed by atoms with van der Waals surface area (Å²) >= 11 is 0. The van der Waals surface area contributed by atoms with Gasteiger partial charge in [0.05, 0.1) is 25.7 Å². The largest absolute Gasteiger partial charge is 0.496 e. The summed E-state index contributed by atoms with van der Waals surface area (Å²) in [5, 5.41) is 0. The van der Waals surface area contributed by atoms with E-state index in [0.29, 0.717) is 6.54 Å². The van der Waals surface area contributed by atoms with E-state index in [1.165, 1.54) is 0 Å². The smallest absolute Gasteiger partial charge is 0.225 e. The molecule has 0 saturated carbocycles. The molecule has 1 rings (SSSR count). The van der Waals surface area contributed by atoms with E-state index in [1.54, 1.807) is 26.2 Å². The molecule has 0 aromatic heterocycles. The van der Waals surface area contributed by atoms with Gasteiger partial charge in [0.25, 0.3) is 0 Å². The van der Waals surface area contributed by atoms with Gasteiger partial charge in [-0.2, -0.15) is 0 Å². The normalized spacial score (nSPS) is 13.7. The van der Waals surface area contributed by atoms with Crippen LogP contribution in [0.2, 0.25) is 0 Å². The minimum absolute atomic E-state index is 0.000654. The maximum Gasteiger partial charge on any atom is 0.225 e. The molecule has 1 aromatic rings. The van der Waals surface area contributed by atoms with Gasteiger partial charge >= 0.3 is 0 Å². The highest BCUT2D eigenvalue weighted by molar-refractivity contribution is 5.77. The minimum atomic E-state index is -0.241. The van der Waals surface area contributed by atoms with Crippen molar-refractivity contribution >= 4 is 5.91 Å². The van der Waals surface area contributed by atoms with Crippen LogP contribution in [0.5, 0.6) is 5.75 Å². The Bertz CT molecular complexity index is 433. The van der Waals surface area contributed by atoms with Crippen molar-refractivity contribution in [1.29, 1.82) is 0 Å². The fraction of sp³-hybridized carbons (Fsp3) is 0.533. The maximum absolute atomic E-state index is 12.2. The van der Waals surface area contributed by atoms with Crippen molar-refractivity contribution in [2.24, 2.45) is 5.73 Å². The molecular formula is C15H24N2O3. The number of methoxy groups -OCH3 is 2. The molecule has 1 aromatic carbocycles. The van der Waals surface area contributed by atoms with E-state index in [2.05, 4.69) is 0 Å². The summed E-state index contributed by atoms with van der Waals surface area (Å²) in [6, 6.07) is 7.62. The van der Waals surface area contributed by atoms with Gasteiger partial charge in [-0.15, -0.1) is 0 Å². The summed E-state index contributed by atoms with van der Waals surface area (Å²) in [5.74, 6) is 0.780. The Balaban J connectivity index is 2.80. The molecule has 0 radical (unpaired) electrons. The first-order valence-electron chi connectivity index (χ1n) is 6.66. The van der Waals surface area contributed by atoms with Gasteiger partial charge in [0, 0.05) is 26.3 Å². The number of ether oxygens (including phenoxy) is 2. The molecule has 0 aliphatic heterocycles. The minimum Gasteiger partial charge on any atom is -0.496 e. The highest BCUT2D eigenvalue weighted by atomic mass is 16.5. The van der Waals surface area contributed by atoms with Crippen LogP contribution in [0, 0.1) is 0 Å². The number of carbonyl (C=O) groups is 1. The maximum atomic E-state index is 12.2. The van der Waals surface area contributed by atoms with Crippen molar-refractivity contribution in [2.75, 3.05) is 27.8 Å². The fourth-order valence-electron chi connectivity index (χ4n) is 2.04. The second-order valence-electron chi connectivity index (χ2n) is 4.72. The summed E-state index contributed by atoms with van der Waals surface area (Å²) in [4.78, 5) is 13.9. The first-order valence-corrected chi connectivity index (χ1v) is 6.66. The van der Waals surface area contributed by atoms with Crippen molar-refractivity contribution in [3.63, 3.8) is 0 Å². The molecule has 2 atom stereocenters. The van der Waals surface area contributed by atoms with E-state index in [4.69, 9.17) is 15.2 Å². The average molecular weight is 280 g/mol. The quantitative estimate of drug-likeness (QED) is 0.823. The van der Waals surface area contributed by atoms with Crippen LogP contribution in [0.1, 0.15) is 24.9 Å². The lowest BCUT2D eigenvalue weighted by Crippen LogP contribution is -2.35. The number of rotatable bonds is 7. The van der Waals surface area contributed by atoms with E-state index in [9.17, 15) is 4.79 Å². The van der Waals surface area contributed by atoms with Crippen LogP contribution in [0.15, 0.2) is 24.3 Å². The molecular weight excluding hydrogens is 256 g/mol. The van der Waals surface area contributed by atoms with Crippen LogP contribution < -0.4 is 10.5 Å². The monoisotopic (exact) mass is 280 g/mol. The number of nitrogens with zero attached hydrogens (tertiary/aromatic N) is 1. The summed E-state index contributed by atoms with van der Waals surface area (Å²) in [6.45, 7) is 2.30. The number of hydrogen-bond donors (Lipinski definition) is 1. The Morgan fingerprint density at radius 1 is 1.35 bits per heavy atom. The van der Waals surface area contributed by atoms with E-state index < -0.39 is 0 Å². The Hall–Kier alpha value is -1.59. The predicted molar refractivity (Wildman–Crippen MR) is 78.6 cm³/mol. The molecule has 1 amide bonds. The molecule has 112 valence electrons. The second-order valence-corrected chi connectivity index (χ2v) is 4.72. The Morgan fingerprint density at radius 3 is 2.55 bits per heavy atom. The topological polar surface area (TPSA) is 64.8 Å². The van der Waals surface area contributed by atoms with Crippen LogP contribution >= 0.6 is 0 Å². The van der Waals surface area contributed by atoms with Crippen molar-refractivity contribution in [2.45, 2.75) is 25.5 Å². The van der Waals surface area contributed by atoms with Gasteiger partial charge in [-0.1, -0.05) is 18.2 Å². The summed E-state index contributed by atoms with van der Waals surface area (Å²) < 4.78 is 10.5. The third kappa shape index (κ3) is 3.95. The number of para-hydroxylation sites is 1. The highest BCUT2D eigenvalue weighted by Gasteiger charge is 2.22. The Morgan fingerprint density at radius 2 is 2.00 bits per heavy atom. The van der Waals surface area contributed by atoms with Gasteiger partial charge in [-0.3, -0.25) is 4.79 Å². The number of amides is 1. The molecule has 0 aliphatic carbocycles. The van der Waals surface area contributed by atoms with Gasteiger partial charge in [-0.25, -0.2) is 0 Å². The fourth-order valence-corrected chi connectivity index (χ4v) is 2.04. The standard InChI is InChI=1S/C15H24N2O3/c1-11(13-7-5-6-8-14(13)20-4)17(2)15(18)9-12(10-16)19-3/h5-8,11-12H,9-10,16H2,1-4H3. The van der Waals surface area contributed by atoms with Crippen molar-refractivity contribution < 1.29 is 14.3 Å². The molecule has 0 bridgehead atoms. The predicted octanol–water partition coefficient (Wildman–Crippen LogP) is 1.58. The zero-order valence-electron chi connectivity index (χ0n) is 12.6. The van der Waals surface area contributed by atoms with Gasteiger partial charge < -0.3 is 20.1 Å². The van der Waals surface area contributed by atoms with Crippen molar-refractivity contribution in [3.8, 4) is 5.75 Å². The van der Waals surface area contributed by atoms with Gasteiger partial charge in [0.2, 0.25) is 5.91 Å². The highest BCUT2D eigenvalue weighted by Crippen LogP contribution is 2.28. The van der Waals surface area contributed by atoms with E-state index in [0.717, 1.165) is 11.3 Å². The molecule has 2 unspecified atom stereocenters. The SMILES string of the molecule is COc1ccccc1C(C)N(C)C(=O)CC(CN)OC. The number of nitrogens with two attached hydrogens (primary N) is 1. The molecule has 0 spiro atoms. The molecule has 5 heteroatoms. The first kappa shape index (κ1) is 16.5. The molecule has 0 fully saturated rings. The lowest BCUT2D eigenvalue weighted by molar-refractivity contribution is -0.134. The number of benzene rings is 1. The van der Waals surface area contributed by atoms with Gasteiger partial charge in [0.1, 0.15) is 5.75 Å². The lowest BCUT2D eigenvalue weighted by atomic mass is 10.1. The van der Waals surface area contributed by atoms with Crippen LogP contribution in [0.4, 0.5) is 0 Å². The summed E-state index contributed by atoms with van der Waals surface area (Å²) in [5.41, 5.74) is 6.53. The molecule has 0 aliphatic rings. The molecule has 0 heterocycles. The molecule has 5 nitrogen and oxygen atoms in total. The van der Waals surface area contributed by atoms with E-state index >= 15 is 0 Å². The van der Waals surface area contributed by atoms with Crippen LogP contribution in [-0.4, -0.2) is 44.7 Å². The van der Waals surface area contributed by atoms with Crippen LogP contribution in [0.25, 0.3) is 0 Å². The second kappa shape index (κ2) is 7.87. The lowest BCUT2D eigenvalue weighted by Gasteiger charge is -2.27. The van der Waals surface area contributed by atoms with E-state index in [1.807, 2.05) is 31.2 Å². The third-order valence-corrected chi connectivity index (χ3v) is 3.56. The van der Waals surface area contributed by atoms with Gasteiger partial charge in [-0.05, 0) is 13.0 Å². The van der Waals surface area contributed by atoms with Crippen LogP contribution in [0.3, 0.4) is 0 Å². The van der Waals surface area contributed by atoms with Crippen LogP contribution in [-0.2, 0) is 9.53 Å². The number of hydrogen-bond acceptors (Lipinski definition) is 4. The summed E-state index contributed by atoms with van der Waals surface area (Å²) in [7, 11) is 4.97. The van der Waals surface area contributed by atoms with Crippen molar-refractivity contribution in [1.82, 2.24) is 4.90 Å². The zero-order chi connectivity index (χ0) is 15.1. The molecule has 20 heavy (non-hydrogen) atoms. The Labute approximate surface area is 120 Å². The molecule has 0 saturated heterocycles. The first-order chi connectivity index (χ1) is 9.54. The molecule has 2 N–H and O–H groups in total. The number of carbonyl (C=O) groups excluding carboxylic acids is 1. The zero-order valence-corrected chi connectivity index (χ0v) is 12.6. The van der Waals surface area contributed by atoms with Gasteiger partial charge in [0.15, 0.2) is 0 Å². The summed E-state index contributed by atoms with van der Waals surface area (Å²) in [6.07, 6.45) is 0.0398. The average Bonchev–Trinajstić information content (AvgIpc) is 2.50. The van der Waals surface area contributed by atoms with E-state index in [-0.39, 0.29) is 24.5 Å². The third-order valence-electron chi connectivity index (χ3n) is 3.56. The van der Waals surface area contributed by atoms with Crippen molar-refractivity contribution in [3.05, 3.63) is 29.8 Å². The Kier molecular flexibility index (Phi) is 6.48.